The van der Waals surface area contributed by atoms with Gasteiger partial charge in [-0.2, -0.15) is 0 Å². The highest BCUT2D eigenvalue weighted by Gasteiger charge is 2.10. The summed E-state index contributed by atoms with van der Waals surface area (Å²) in [6.45, 7) is 2.01. The number of hydrogen-bond acceptors (Lipinski definition) is 2. The molecular formula is C9H12ClFN2. The molecule has 0 unspecified atom stereocenters. The van der Waals surface area contributed by atoms with E-state index in [2.05, 4.69) is 4.98 Å². The van der Waals surface area contributed by atoms with Crippen molar-refractivity contribution in [3.05, 3.63) is 28.8 Å². The highest BCUT2D eigenvalue weighted by molar-refractivity contribution is 6.30. The van der Waals surface area contributed by atoms with Gasteiger partial charge in [0.15, 0.2) is 0 Å². The molecule has 0 aliphatic rings. The summed E-state index contributed by atoms with van der Waals surface area (Å²) in [4.78, 5) is 3.69. The summed E-state index contributed by atoms with van der Waals surface area (Å²) in [6, 6.07) is 1.12. The summed E-state index contributed by atoms with van der Waals surface area (Å²) >= 11 is 5.77. The van der Waals surface area contributed by atoms with Crippen LogP contribution in [-0.2, 0) is 0 Å². The van der Waals surface area contributed by atoms with E-state index < -0.39 is 5.82 Å². The van der Waals surface area contributed by atoms with E-state index in [4.69, 9.17) is 17.3 Å². The van der Waals surface area contributed by atoms with Gasteiger partial charge in [0.05, 0.1) is 6.20 Å². The van der Waals surface area contributed by atoms with Crippen LogP contribution in [0.3, 0.4) is 0 Å². The summed E-state index contributed by atoms with van der Waals surface area (Å²) in [5.74, 6) is -0.397. The second-order valence-corrected chi connectivity index (χ2v) is 3.29. The summed E-state index contributed by atoms with van der Waals surface area (Å²) in [5, 5.41) is 0.294. The average molecular weight is 203 g/mol. The third kappa shape index (κ3) is 2.64. The lowest BCUT2D eigenvalue weighted by Gasteiger charge is -2.11. The summed E-state index contributed by atoms with van der Waals surface area (Å²) < 4.78 is 12.8. The van der Waals surface area contributed by atoms with Gasteiger partial charge in [0, 0.05) is 11.6 Å². The number of nitrogens with two attached hydrogens (primary N) is 1. The Kier molecular flexibility index (Phi) is 3.63. The van der Waals surface area contributed by atoms with Crippen LogP contribution in [0.15, 0.2) is 12.3 Å². The molecule has 2 N–H and O–H groups in total. The van der Waals surface area contributed by atoms with Gasteiger partial charge in [0.25, 0.3) is 0 Å². The highest BCUT2D eigenvalue weighted by Crippen LogP contribution is 2.22. The first-order chi connectivity index (χ1) is 6.15. The molecule has 0 aliphatic heterocycles. The quantitative estimate of drug-likeness (QED) is 0.766. The molecule has 2 nitrogen and oxygen atoms in total. The zero-order valence-electron chi connectivity index (χ0n) is 7.43. The normalized spacial score (nSPS) is 12.9. The van der Waals surface area contributed by atoms with Crippen molar-refractivity contribution in [3.8, 4) is 0 Å². The smallest absolute Gasteiger partial charge is 0.141 e. The van der Waals surface area contributed by atoms with Gasteiger partial charge >= 0.3 is 0 Å². The van der Waals surface area contributed by atoms with Crippen molar-refractivity contribution < 1.29 is 4.39 Å². The summed E-state index contributed by atoms with van der Waals surface area (Å²) in [7, 11) is 0. The Hall–Kier alpha value is -0.670. The van der Waals surface area contributed by atoms with Crippen LogP contribution in [0.4, 0.5) is 4.39 Å². The first kappa shape index (κ1) is 10.4. The molecule has 0 saturated heterocycles. The minimum absolute atomic E-state index is 0.222. The monoisotopic (exact) mass is 202 g/mol. The Morgan fingerprint density at radius 1 is 1.69 bits per heavy atom. The van der Waals surface area contributed by atoms with Crippen LogP contribution in [0, 0.1) is 5.82 Å². The zero-order valence-corrected chi connectivity index (χ0v) is 8.18. The molecule has 1 rings (SSSR count). The predicted octanol–water partition coefficient (Wildman–Crippen LogP) is 2.67. The minimum Gasteiger partial charge on any atom is -0.324 e. The van der Waals surface area contributed by atoms with Crippen molar-refractivity contribution in [2.24, 2.45) is 5.73 Å². The molecule has 0 amide bonds. The molecule has 13 heavy (non-hydrogen) atoms. The van der Waals surface area contributed by atoms with Gasteiger partial charge in [-0.05, 0) is 12.5 Å². The number of aromatic nitrogens is 1. The Morgan fingerprint density at radius 2 is 2.38 bits per heavy atom. The van der Waals surface area contributed by atoms with E-state index in [0.717, 1.165) is 19.0 Å². The van der Waals surface area contributed by atoms with Crippen LogP contribution in [0.1, 0.15) is 31.4 Å². The minimum atomic E-state index is -0.397. The van der Waals surface area contributed by atoms with Gasteiger partial charge < -0.3 is 5.73 Å². The summed E-state index contributed by atoms with van der Waals surface area (Å²) in [6.07, 6.45) is 2.81. The van der Waals surface area contributed by atoms with Crippen molar-refractivity contribution >= 4 is 11.6 Å². The number of pyridine rings is 1. The second kappa shape index (κ2) is 4.53. The van der Waals surface area contributed by atoms with Crippen molar-refractivity contribution in [2.45, 2.75) is 25.8 Å². The lowest BCUT2D eigenvalue weighted by Crippen LogP contribution is -2.11. The molecule has 0 bridgehead atoms. The Morgan fingerprint density at radius 3 is 3.00 bits per heavy atom. The maximum atomic E-state index is 12.8. The summed E-state index contributed by atoms with van der Waals surface area (Å²) in [5.41, 5.74) is 6.37. The molecule has 1 aromatic heterocycles. The Labute approximate surface area is 81.9 Å². The van der Waals surface area contributed by atoms with Gasteiger partial charge in [-0.25, -0.2) is 9.37 Å². The van der Waals surface area contributed by atoms with E-state index in [9.17, 15) is 4.39 Å². The molecular weight excluding hydrogens is 191 g/mol. The zero-order chi connectivity index (χ0) is 9.84. The van der Waals surface area contributed by atoms with Crippen molar-refractivity contribution in [1.82, 2.24) is 4.98 Å². The van der Waals surface area contributed by atoms with Crippen LogP contribution >= 0.6 is 11.6 Å². The molecule has 0 spiro atoms. The number of rotatable bonds is 3. The fourth-order valence-electron chi connectivity index (χ4n) is 1.16. The first-order valence-corrected chi connectivity index (χ1v) is 4.59. The first-order valence-electron chi connectivity index (χ1n) is 4.21. The fourth-order valence-corrected chi connectivity index (χ4v) is 1.41. The lowest BCUT2D eigenvalue weighted by molar-refractivity contribution is 0.598. The van der Waals surface area contributed by atoms with Crippen LogP contribution in [0.2, 0.25) is 5.15 Å². The van der Waals surface area contributed by atoms with E-state index in [-0.39, 0.29) is 6.04 Å². The van der Waals surface area contributed by atoms with E-state index in [1.54, 1.807) is 0 Å². The Balaban J connectivity index is 2.91. The van der Waals surface area contributed by atoms with E-state index in [1.807, 2.05) is 6.92 Å². The third-order valence-electron chi connectivity index (χ3n) is 1.83. The van der Waals surface area contributed by atoms with Crippen molar-refractivity contribution in [1.29, 1.82) is 0 Å². The molecule has 1 heterocycles. The average Bonchev–Trinajstić information content (AvgIpc) is 2.09. The van der Waals surface area contributed by atoms with Crippen LogP contribution in [0.5, 0.6) is 0 Å². The predicted molar refractivity (Wildman–Crippen MR) is 51.0 cm³/mol. The topological polar surface area (TPSA) is 38.9 Å². The molecule has 0 radical (unpaired) electrons. The third-order valence-corrected chi connectivity index (χ3v) is 2.15. The molecule has 4 heteroatoms. The molecule has 72 valence electrons. The van der Waals surface area contributed by atoms with Crippen molar-refractivity contribution in [3.63, 3.8) is 0 Å². The van der Waals surface area contributed by atoms with Gasteiger partial charge in [-0.15, -0.1) is 0 Å². The second-order valence-electron chi connectivity index (χ2n) is 2.93. The van der Waals surface area contributed by atoms with Gasteiger partial charge in [0.1, 0.15) is 11.0 Å². The van der Waals surface area contributed by atoms with Crippen LogP contribution in [0.25, 0.3) is 0 Å². The fraction of sp³-hybridized carbons (Fsp3) is 0.444. The highest BCUT2D eigenvalue weighted by atomic mass is 35.5. The molecule has 1 atom stereocenters. The van der Waals surface area contributed by atoms with E-state index in [0.29, 0.717) is 10.7 Å². The SMILES string of the molecule is CCC[C@H](N)c1cc(F)cnc1Cl. The standard InChI is InChI=1S/C9H12ClFN2/c1-2-3-8(12)7-4-6(11)5-13-9(7)10/h4-5,8H,2-3,12H2,1H3/t8-/m0/s1. The molecule has 1 aromatic rings. The van der Waals surface area contributed by atoms with Gasteiger partial charge in [-0.1, -0.05) is 24.9 Å². The number of halogens is 2. The van der Waals surface area contributed by atoms with Crippen LogP contribution in [-0.4, -0.2) is 4.98 Å². The van der Waals surface area contributed by atoms with E-state index >= 15 is 0 Å². The van der Waals surface area contributed by atoms with E-state index in [1.165, 1.54) is 6.07 Å². The molecule has 0 saturated carbocycles. The van der Waals surface area contributed by atoms with Crippen molar-refractivity contribution in [2.75, 3.05) is 0 Å². The Bertz CT molecular complexity index is 291. The number of nitrogens with zero attached hydrogens (tertiary/aromatic N) is 1. The molecule has 0 fully saturated rings. The number of hydrogen-bond donors (Lipinski definition) is 1. The maximum absolute atomic E-state index is 12.8. The largest absolute Gasteiger partial charge is 0.324 e. The maximum Gasteiger partial charge on any atom is 0.141 e. The lowest BCUT2D eigenvalue weighted by atomic mass is 10.1. The molecule has 0 aliphatic carbocycles. The van der Waals surface area contributed by atoms with Gasteiger partial charge in [-0.3, -0.25) is 0 Å². The van der Waals surface area contributed by atoms with Crippen LogP contribution < -0.4 is 5.73 Å². The molecule has 0 aromatic carbocycles. The van der Waals surface area contributed by atoms with Gasteiger partial charge in [0.2, 0.25) is 0 Å².